The van der Waals surface area contributed by atoms with Gasteiger partial charge in [0.2, 0.25) is 10.0 Å². The van der Waals surface area contributed by atoms with Gasteiger partial charge in [-0.05, 0) is 43.5 Å². The maximum Gasteiger partial charge on any atom is 0.303 e. The molecule has 0 unspecified atom stereocenters. The summed E-state index contributed by atoms with van der Waals surface area (Å²) < 4.78 is 31.5. The van der Waals surface area contributed by atoms with Gasteiger partial charge in [0, 0.05) is 20.0 Å². The van der Waals surface area contributed by atoms with Crippen molar-refractivity contribution in [1.29, 1.82) is 0 Å². The average molecular weight is 315 g/mol. The van der Waals surface area contributed by atoms with Gasteiger partial charge < -0.3 is 9.84 Å². The van der Waals surface area contributed by atoms with Crippen LogP contribution in [0, 0.1) is 13.8 Å². The highest BCUT2D eigenvalue weighted by Gasteiger charge is 2.25. The number of methoxy groups -OCH3 is 1. The van der Waals surface area contributed by atoms with E-state index in [4.69, 9.17) is 9.84 Å². The van der Waals surface area contributed by atoms with Crippen LogP contribution in [0.5, 0.6) is 5.75 Å². The first kappa shape index (κ1) is 17.5. The van der Waals surface area contributed by atoms with Crippen molar-refractivity contribution in [3.63, 3.8) is 0 Å². The SMILES string of the molecule is COc1cc(C)c(S(=O)(=O)N(C)CCCC(=O)O)c(C)c1. The molecule has 7 heteroatoms. The molecule has 0 aromatic heterocycles. The number of aliphatic carboxylic acids is 1. The van der Waals surface area contributed by atoms with Gasteiger partial charge in [0.25, 0.3) is 0 Å². The Labute approximate surface area is 125 Å². The van der Waals surface area contributed by atoms with E-state index in [1.165, 1.54) is 18.5 Å². The number of ether oxygens (including phenoxy) is 1. The first-order valence-corrected chi connectivity index (χ1v) is 7.97. The van der Waals surface area contributed by atoms with Crippen molar-refractivity contribution in [2.24, 2.45) is 0 Å². The normalized spacial score (nSPS) is 11.7. The second-order valence-corrected chi connectivity index (χ2v) is 6.90. The molecule has 118 valence electrons. The highest BCUT2D eigenvalue weighted by atomic mass is 32.2. The van der Waals surface area contributed by atoms with Crippen LogP contribution in [-0.2, 0) is 14.8 Å². The summed E-state index contributed by atoms with van der Waals surface area (Å²) >= 11 is 0. The van der Waals surface area contributed by atoms with Gasteiger partial charge in [-0.1, -0.05) is 0 Å². The van der Waals surface area contributed by atoms with Crippen molar-refractivity contribution in [2.75, 3.05) is 20.7 Å². The van der Waals surface area contributed by atoms with E-state index in [9.17, 15) is 13.2 Å². The first-order chi connectivity index (χ1) is 9.70. The van der Waals surface area contributed by atoms with E-state index in [2.05, 4.69) is 0 Å². The monoisotopic (exact) mass is 315 g/mol. The molecule has 0 aliphatic carbocycles. The van der Waals surface area contributed by atoms with Gasteiger partial charge in [-0.15, -0.1) is 0 Å². The maximum atomic E-state index is 12.6. The molecule has 0 spiro atoms. The lowest BCUT2D eigenvalue weighted by Gasteiger charge is -2.20. The van der Waals surface area contributed by atoms with Gasteiger partial charge in [0.15, 0.2) is 0 Å². The lowest BCUT2D eigenvalue weighted by atomic mass is 10.1. The topological polar surface area (TPSA) is 83.9 Å². The number of hydrogen-bond acceptors (Lipinski definition) is 4. The number of carboxylic acids is 1. The summed E-state index contributed by atoms with van der Waals surface area (Å²) in [7, 11) is -0.652. The molecule has 21 heavy (non-hydrogen) atoms. The summed E-state index contributed by atoms with van der Waals surface area (Å²) in [6.07, 6.45) is 0.222. The van der Waals surface area contributed by atoms with E-state index < -0.39 is 16.0 Å². The number of sulfonamides is 1. The lowest BCUT2D eigenvalue weighted by Crippen LogP contribution is -2.29. The zero-order valence-corrected chi connectivity index (χ0v) is 13.5. The molecule has 1 aromatic rings. The van der Waals surface area contributed by atoms with Crippen LogP contribution in [0.15, 0.2) is 17.0 Å². The van der Waals surface area contributed by atoms with Gasteiger partial charge in [0.05, 0.1) is 12.0 Å². The fraction of sp³-hybridized carbons (Fsp3) is 0.500. The second kappa shape index (κ2) is 6.91. The number of aryl methyl sites for hydroxylation is 2. The van der Waals surface area contributed by atoms with Crippen molar-refractivity contribution < 1.29 is 23.1 Å². The van der Waals surface area contributed by atoms with Gasteiger partial charge >= 0.3 is 5.97 Å². The van der Waals surface area contributed by atoms with Gasteiger partial charge in [-0.3, -0.25) is 4.79 Å². The maximum absolute atomic E-state index is 12.6. The summed E-state index contributed by atoms with van der Waals surface area (Å²) in [5.74, 6) is -0.324. The predicted molar refractivity (Wildman–Crippen MR) is 79.2 cm³/mol. The fourth-order valence-electron chi connectivity index (χ4n) is 2.16. The van der Waals surface area contributed by atoms with Crippen molar-refractivity contribution in [1.82, 2.24) is 4.31 Å². The third-order valence-corrected chi connectivity index (χ3v) is 5.36. The van der Waals surface area contributed by atoms with Gasteiger partial charge in [0.1, 0.15) is 5.75 Å². The number of carboxylic acid groups (broad SMARTS) is 1. The third kappa shape index (κ3) is 4.18. The Balaban J connectivity index is 3.05. The molecule has 0 heterocycles. The van der Waals surface area contributed by atoms with E-state index in [0.29, 0.717) is 16.9 Å². The third-order valence-electron chi connectivity index (χ3n) is 3.20. The van der Waals surface area contributed by atoms with Crippen LogP contribution >= 0.6 is 0 Å². The summed E-state index contributed by atoms with van der Waals surface area (Å²) in [6.45, 7) is 3.60. The van der Waals surface area contributed by atoms with Crippen LogP contribution < -0.4 is 4.74 Å². The lowest BCUT2D eigenvalue weighted by molar-refractivity contribution is -0.137. The largest absolute Gasteiger partial charge is 0.497 e. The minimum atomic E-state index is -3.64. The molecule has 1 aromatic carbocycles. The number of hydrogen-bond donors (Lipinski definition) is 1. The molecular formula is C14H21NO5S. The van der Waals surface area contributed by atoms with E-state index in [0.717, 1.165) is 0 Å². The molecular weight excluding hydrogens is 294 g/mol. The molecule has 6 nitrogen and oxygen atoms in total. The van der Waals surface area contributed by atoms with Gasteiger partial charge in [-0.2, -0.15) is 0 Å². The smallest absolute Gasteiger partial charge is 0.303 e. The van der Waals surface area contributed by atoms with E-state index in [1.54, 1.807) is 26.0 Å². The standard InChI is InChI=1S/C14H21NO5S/c1-10-8-12(20-4)9-11(2)14(10)21(18,19)15(3)7-5-6-13(16)17/h8-9H,5-7H2,1-4H3,(H,16,17). The Morgan fingerprint density at radius 2 is 1.81 bits per heavy atom. The zero-order valence-electron chi connectivity index (χ0n) is 12.7. The zero-order chi connectivity index (χ0) is 16.2. The minimum Gasteiger partial charge on any atom is -0.497 e. The molecule has 0 aliphatic heterocycles. The summed E-state index contributed by atoms with van der Waals surface area (Å²) in [4.78, 5) is 10.7. The van der Waals surface area contributed by atoms with Crippen LogP contribution in [0.25, 0.3) is 0 Å². The summed E-state index contributed by atoms with van der Waals surface area (Å²) in [5, 5.41) is 8.61. The quantitative estimate of drug-likeness (QED) is 0.829. The van der Waals surface area contributed by atoms with Crippen LogP contribution in [0.2, 0.25) is 0 Å². The summed E-state index contributed by atoms with van der Waals surface area (Å²) in [5.41, 5.74) is 1.22. The molecule has 0 saturated heterocycles. The average Bonchev–Trinajstić information content (AvgIpc) is 2.36. The first-order valence-electron chi connectivity index (χ1n) is 6.53. The molecule has 0 fully saturated rings. The molecule has 0 radical (unpaired) electrons. The highest BCUT2D eigenvalue weighted by Crippen LogP contribution is 2.27. The van der Waals surface area contributed by atoms with E-state index in [1.807, 2.05) is 0 Å². The fourth-order valence-corrected chi connectivity index (χ4v) is 3.78. The number of benzene rings is 1. The van der Waals surface area contributed by atoms with E-state index >= 15 is 0 Å². The Hall–Kier alpha value is -1.60. The molecule has 0 saturated carbocycles. The minimum absolute atomic E-state index is 0.0551. The number of rotatable bonds is 7. The molecule has 0 amide bonds. The van der Waals surface area contributed by atoms with Crippen molar-refractivity contribution in [2.45, 2.75) is 31.6 Å². The molecule has 0 aliphatic rings. The molecule has 0 bridgehead atoms. The Morgan fingerprint density at radius 3 is 2.24 bits per heavy atom. The number of carbonyl (C=O) groups is 1. The molecule has 0 atom stereocenters. The second-order valence-electron chi connectivity index (χ2n) is 4.91. The van der Waals surface area contributed by atoms with Crippen molar-refractivity contribution in [3.8, 4) is 5.75 Å². The van der Waals surface area contributed by atoms with Crippen LogP contribution in [0.1, 0.15) is 24.0 Å². The Kier molecular flexibility index (Phi) is 5.74. The van der Waals surface area contributed by atoms with Gasteiger partial charge in [-0.25, -0.2) is 12.7 Å². The van der Waals surface area contributed by atoms with Crippen LogP contribution in [-0.4, -0.2) is 44.5 Å². The molecule has 1 rings (SSSR count). The summed E-state index contributed by atoms with van der Waals surface area (Å²) in [6, 6.07) is 3.34. The van der Waals surface area contributed by atoms with E-state index in [-0.39, 0.29) is 24.3 Å². The number of nitrogens with zero attached hydrogens (tertiary/aromatic N) is 1. The highest BCUT2D eigenvalue weighted by molar-refractivity contribution is 7.89. The molecule has 1 N–H and O–H groups in total. The predicted octanol–water partition coefficient (Wildman–Crippen LogP) is 1.80. The van der Waals surface area contributed by atoms with Crippen LogP contribution in [0.3, 0.4) is 0 Å². The Morgan fingerprint density at radius 1 is 1.29 bits per heavy atom. The van der Waals surface area contributed by atoms with Crippen LogP contribution in [0.4, 0.5) is 0 Å². The van der Waals surface area contributed by atoms with Crippen molar-refractivity contribution >= 4 is 16.0 Å². The Bertz CT molecular complexity index is 601. The van der Waals surface area contributed by atoms with Crippen molar-refractivity contribution in [3.05, 3.63) is 23.3 Å².